The van der Waals surface area contributed by atoms with Gasteiger partial charge in [0.25, 0.3) is 0 Å². The van der Waals surface area contributed by atoms with Gasteiger partial charge in [-0.05, 0) is 31.0 Å². The molecule has 0 radical (unpaired) electrons. The van der Waals surface area contributed by atoms with Crippen molar-refractivity contribution < 1.29 is 4.39 Å². The summed E-state index contributed by atoms with van der Waals surface area (Å²) in [6.07, 6.45) is 0.800. The standard InChI is InChI=1S/C10H13FN2/c1-8(12)13-7-6-9-2-4-10(11)5-3-9/h2-5H,6-7H2,1H3,(H2,12,13)/i11-1. The van der Waals surface area contributed by atoms with Crippen molar-refractivity contribution in [2.45, 2.75) is 13.3 Å². The Bertz CT molecular complexity index is 286. The van der Waals surface area contributed by atoms with E-state index < -0.39 is 0 Å². The first-order valence-corrected chi connectivity index (χ1v) is 4.19. The van der Waals surface area contributed by atoms with Crippen LogP contribution < -0.4 is 5.73 Å². The Morgan fingerprint density at radius 2 is 2.00 bits per heavy atom. The predicted molar refractivity (Wildman–Crippen MR) is 52.3 cm³/mol. The minimum absolute atomic E-state index is 0.206. The zero-order valence-electron chi connectivity index (χ0n) is 7.63. The van der Waals surface area contributed by atoms with Crippen molar-refractivity contribution in [3.63, 3.8) is 0 Å². The maximum Gasteiger partial charge on any atom is 0.123 e. The molecule has 0 atom stereocenters. The lowest BCUT2D eigenvalue weighted by Crippen LogP contribution is -2.06. The van der Waals surface area contributed by atoms with E-state index in [0.717, 1.165) is 12.0 Å². The molecule has 1 aromatic rings. The fourth-order valence-electron chi connectivity index (χ4n) is 1.01. The minimum atomic E-state index is -0.206. The van der Waals surface area contributed by atoms with E-state index in [1.807, 2.05) is 0 Å². The maximum absolute atomic E-state index is 12.5. The van der Waals surface area contributed by atoms with Crippen LogP contribution in [0.5, 0.6) is 0 Å². The first-order chi connectivity index (χ1) is 6.18. The molecule has 0 unspecified atom stereocenters. The van der Waals surface area contributed by atoms with Crippen molar-refractivity contribution in [1.82, 2.24) is 0 Å². The van der Waals surface area contributed by atoms with Gasteiger partial charge in [-0.15, -0.1) is 0 Å². The molecule has 0 bridgehead atoms. The van der Waals surface area contributed by atoms with Crippen molar-refractivity contribution >= 4 is 5.84 Å². The van der Waals surface area contributed by atoms with E-state index in [4.69, 9.17) is 5.73 Å². The van der Waals surface area contributed by atoms with Gasteiger partial charge in [0, 0.05) is 6.54 Å². The normalized spacial score (nSPS) is 11.7. The van der Waals surface area contributed by atoms with Crippen molar-refractivity contribution in [2.75, 3.05) is 6.54 Å². The lowest BCUT2D eigenvalue weighted by Gasteiger charge is -1.97. The third kappa shape index (κ3) is 3.69. The number of nitrogens with two attached hydrogens (primary N) is 1. The molecular formula is C10H13FN2. The highest BCUT2D eigenvalue weighted by molar-refractivity contribution is 5.77. The minimum Gasteiger partial charge on any atom is -0.388 e. The average molecular weight is 179 g/mol. The molecule has 2 N–H and O–H groups in total. The topological polar surface area (TPSA) is 38.4 Å². The van der Waals surface area contributed by atoms with Crippen LogP contribution in [0, 0.1) is 5.82 Å². The van der Waals surface area contributed by atoms with Crippen LogP contribution in [-0.4, -0.2) is 12.4 Å². The van der Waals surface area contributed by atoms with Gasteiger partial charge in [0.05, 0.1) is 5.84 Å². The van der Waals surface area contributed by atoms with Gasteiger partial charge in [0.1, 0.15) is 5.82 Å². The van der Waals surface area contributed by atoms with E-state index in [2.05, 4.69) is 4.99 Å². The fraction of sp³-hybridized carbons (Fsp3) is 0.300. The number of rotatable bonds is 3. The third-order valence-electron chi connectivity index (χ3n) is 1.67. The van der Waals surface area contributed by atoms with Gasteiger partial charge in [-0.2, -0.15) is 0 Å². The summed E-state index contributed by atoms with van der Waals surface area (Å²) >= 11 is 0. The summed E-state index contributed by atoms with van der Waals surface area (Å²) in [7, 11) is 0. The van der Waals surface area contributed by atoms with Gasteiger partial charge in [0.15, 0.2) is 0 Å². The van der Waals surface area contributed by atoms with Crippen LogP contribution in [0.15, 0.2) is 29.3 Å². The Balaban J connectivity index is 2.46. The fourth-order valence-corrected chi connectivity index (χ4v) is 1.01. The summed E-state index contributed by atoms with van der Waals surface area (Å²) in [6, 6.07) is 6.43. The largest absolute Gasteiger partial charge is 0.388 e. The number of aliphatic imine (C=N–C) groups is 1. The number of benzene rings is 1. The molecule has 0 saturated heterocycles. The molecule has 2 nitrogen and oxygen atoms in total. The summed E-state index contributed by atoms with van der Waals surface area (Å²) in [5.74, 6) is 0.379. The Hall–Kier alpha value is -1.38. The SMILES string of the molecule is CC(N)=NCCc1ccc([18F])cc1. The van der Waals surface area contributed by atoms with E-state index in [1.54, 1.807) is 19.1 Å². The maximum atomic E-state index is 12.5. The van der Waals surface area contributed by atoms with Crippen LogP contribution in [-0.2, 0) is 6.42 Å². The molecule has 0 aliphatic carbocycles. The van der Waals surface area contributed by atoms with Crippen LogP contribution in [0.2, 0.25) is 0 Å². The van der Waals surface area contributed by atoms with Crippen LogP contribution in [0.1, 0.15) is 12.5 Å². The van der Waals surface area contributed by atoms with E-state index in [0.29, 0.717) is 12.4 Å². The first-order valence-electron chi connectivity index (χ1n) is 4.19. The zero-order valence-corrected chi connectivity index (χ0v) is 7.63. The van der Waals surface area contributed by atoms with Gasteiger partial charge < -0.3 is 5.73 Å². The molecule has 0 spiro atoms. The number of hydrogen-bond acceptors (Lipinski definition) is 1. The molecule has 0 fully saturated rings. The second kappa shape index (κ2) is 4.60. The summed E-state index contributed by atoms with van der Waals surface area (Å²) in [5, 5.41) is 0. The molecular weight excluding hydrogens is 166 g/mol. The van der Waals surface area contributed by atoms with Gasteiger partial charge in [-0.3, -0.25) is 4.99 Å². The predicted octanol–water partition coefficient (Wildman–Crippen LogP) is 1.75. The van der Waals surface area contributed by atoms with Crippen LogP contribution >= 0.6 is 0 Å². The van der Waals surface area contributed by atoms with Gasteiger partial charge in [0.2, 0.25) is 0 Å². The lowest BCUT2D eigenvalue weighted by molar-refractivity contribution is 0.627. The highest BCUT2D eigenvalue weighted by Crippen LogP contribution is 2.03. The molecule has 13 heavy (non-hydrogen) atoms. The van der Waals surface area contributed by atoms with Crippen molar-refractivity contribution in [3.8, 4) is 0 Å². The molecule has 0 saturated carbocycles. The molecule has 0 aliphatic heterocycles. The van der Waals surface area contributed by atoms with Crippen molar-refractivity contribution in [2.24, 2.45) is 10.7 Å². The Labute approximate surface area is 77.3 Å². The highest BCUT2D eigenvalue weighted by atomic mass is 18.2. The number of amidine groups is 1. The van der Waals surface area contributed by atoms with E-state index in [-0.39, 0.29) is 5.82 Å². The number of hydrogen-bond donors (Lipinski definition) is 1. The Kier molecular flexibility index (Phi) is 3.43. The second-order valence-corrected chi connectivity index (χ2v) is 2.90. The van der Waals surface area contributed by atoms with Crippen LogP contribution in [0.4, 0.5) is 4.39 Å². The third-order valence-corrected chi connectivity index (χ3v) is 1.67. The van der Waals surface area contributed by atoms with Crippen molar-refractivity contribution in [3.05, 3.63) is 35.6 Å². The molecule has 0 amide bonds. The summed E-state index contributed by atoms with van der Waals surface area (Å²) < 4.78 is 12.5. The monoisotopic (exact) mass is 179 g/mol. The molecule has 3 heteroatoms. The van der Waals surface area contributed by atoms with Gasteiger partial charge >= 0.3 is 0 Å². The van der Waals surface area contributed by atoms with E-state index >= 15 is 0 Å². The molecule has 0 aliphatic rings. The smallest absolute Gasteiger partial charge is 0.123 e. The van der Waals surface area contributed by atoms with Crippen LogP contribution in [0.25, 0.3) is 0 Å². The second-order valence-electron chi connectivity index (χ2n) is 2.90. The summed E-state index contributed by atoms with van der Waals surface area (Å²) in [5.41, 5.74) is 6.45. The highest BCUT2D eigenvalue weighted by Gasteiger charge is 1.92. The van der Waals surface area contributed by atoms with Gasteiger partial charge in [-0.1, -0.05) is 12.1 Å². The molecule has 0 aromatic heterocycles. The zero-order chi connectivity index (χ0) is 9.68. The van der Waals surface area contributed by atoms with Crippen LogP contribution in [0.3, 0.4) is 0 Å². The molecule has 0 heterocycles. The first kappa shape index (κ1) is 9.71. The average Bonchev–Trinajstić information content (AvgIpc) is 2.08. The van der Waals surface area contributed by atoms with E-state index in [1.165, 1.54) is 12.1 Å². The number of halogens is 1. The van der Waals surface area contributed by atoms with Gasteiger partial charge in [-0.25, -0.2) is 4.39 Å². The van der Waals surface area contributed by atoms with E-state index in [9.17, 15) is 4.39 Å². The molecule has 1 rings (SSSR count). The molecule has 70 valence electrons. The molecule has 1 aromatic carbocycles. The number of nitrogens with zero attached hydrogens (tertiary/aromatic N) is 1. The summed E-state index contributed by atoms with van der Waals surface area (Å²) in [4.78, 5) is 4.04. The quantitative estimate of drug-likeness (QED) is 0.557. The van der Waals surface area contributed by atoms with Crippen molar-refractivity contribution in [1.29, 1.82) is 0 Å². The Morgan fingerprint density at radius 1 is 1.38 bits per heavy atom. The Morgan fingerprint density at radius 3 is 2.54 bits per heavy atom. The lowest BCUT2D eigenvalue weighted by atomic mass is 10.1. The summed E-state index contributed by atoms with van der Waals surface area (Å²) in [6.45, 7) is 2.42.